The zero-order valence-electron chi connectivity index (χ0n) is 10.4. The number of anilines is 1. The summed E-state index contributed by atoms with van der Waals surface area (Å²) in [6.45, 7) is 1.82. The van der Waals surface area contributed by atoms with Gasteiger partial charge in [0.2, 0.25) is 0 Å². The van der Waals surface area contributed by atoms with E-state index in [0.717, 1.165) is 6.07 Å². The van der Waals surface area contributed by atoms with Crippen molar-refractivity contribution < 1.29 is 13.4 Å². The summed E-state index contributed by atoms with van der Waals surface area (Å²) in [6, 6.07) is 3.83. The number of carbonyl (C=O) groups is 1. The largest absolute Gasteiger partial charge is 0.396 e. The van der Waals surface area contributed by atoms with Crippen LogP contribution in [0, 0.1) is 5.82 Å². The van der Waals surface area contributed by atoms with E-state index >= 15 is 0 Å². The molecule has 1 rings (SSSR count). The van der Waals surface area contributed by atoms with Crippen molar-refractivity contribution in [2.45, 2.75) is 19.4 Å². The minimum atomic E-state index is -0.880. The second-order valence-electron chi connectivity index (χ2n) is 4.18. The fourth-order valence-electron chi connectivity index (χ4n) is 1.39. The first kappa shape index (κ1) is 14.6. The van der Waals surface area contributed by atoms with Crippen LogP contribution >= 0.6 is 0 Å². The Kier molecular flexibility index (Phi) is 5.27. The summed E-state index contributed by atoms with van der Waals surface area (Å²) in [5.41, 5.74) is 5.57. The average molecular weight is 272 g/mol. The van der Waals surface area contributed by atoms with E-state index in [1.165, 1.54) is 12.1 Å². The minimum absolute atomic E-state index is 0.0148. The maximum Gasteiger partial charge on any atom is 0.251 e. The maximum atomic E-state index is 13.2. The van der Waals surface area contributed by atoms with Crippen LogP contribution in [0.1, 0.15) is 23.7 Å². The standard InChI is InChI=1S/C12H17FN2O2S/c1-8(5-6-18(2)17)15-12(16)9-3-4-11(14)10(13)7-9/h3-4,7-8H,5-6,14H2,1-2H3,(H,15,16). The molecule has 2 unspecified atom stereocenters. The number of hydrogen-bond donors (Lipinski definition) is 2. The van der Waals surface area contributed by atoms with Crippen molar-refractivity contribution in [2.75, 3.05) is 17.7 Å². The van der Waals surface area contributed by atoms with Crippen LogP contribution in [0.25, 0.3) is 0 Å². The van der Waals surface area contributed by atoms with Gasteiger partial charge >= 0.3 is 0 Å². The molecule has 3 N–H and O–H groups in total. The highest BCUT2D eigenvalue weighted by Crippen LogP contribution is 2.12. The van der Waals surface area contributed by atoms with E-state index in [-0.39, 0.29) is 23.2 Å². The number of nitrogens with one attached hydrogen (secondary N) is 1. The Bertz CT molecular complexity index is 465. The monoisotopic (exact) mass is 272 g/mol. The van der Waals surface area contributed by atoms with Crippen LogP contribution in [-0.2, 0) is 10.8 Å². The van der Waals surface area contributed by atoms with Crippen LogP contribution in [0.15, 0.2) is 18.2 Å². The van der Waals surface area contributed by atoms with Gasteiger partial charge in [0.15, 0.2) is 0 Å². The van der Waals surface area contributed by atoms with Crippen LogP contribution in [0.4, 0.5) is 10.1 Å². The van der Waals surface area contributed by atoms with Crippen molar-refractivity contribution in [2.24, 2.45) is 0 Å². The molecule has 0 aliphatic rings. The molecule has 18 heavy (non-hydrogen) atoms. The predicted molar refractivity (Wildman–Crippen MR) is 71.3 cm³/mol. The van der Waals surface area contributed by atoms with Gasteiger partial charge in [-0.2, -0.15) is 0 Å². The Hall–Kier alpha value is -1.43. The number of carbonyl (C=O) groups excluding carboxylic acids is 1. The summed E-state index contributed by atoms with van der Waals surface area (Å²) >= 11 is 0. The van der Waals surface area contributed by atoms with Gasteiger partial charge in [0.1, 0.15) is 5.82 Å². The summed E-state index contributed by atoms with van der Waals surface area (Å²) in [5, 5.41) is 2.72. The SMILES string of the molecule is CC(CCS(C)=O)NC(=O)c1ccc(N)c(F)c1. The first-order valence-corrected chi connectivity index (χ1v) is 7.28. The van der Waals surface area contributed by atoms with E-state index in [1.54, 1.807) is 6.26 Å². The maximum absolute atomic E-state index is 13.2. The molecule has 0 spiro atoms. The van der Waals surface area contributed by atoms with Gasteiger partial charge in [0.05, 0.1) is 5.69 Å². The van der Waals surface area contributed by atoms with E-state index in [4.69, 9.17) is 5.73 Å². The molecule has 0 aromatic heterocycles. The summed E-state index contributed by atoms with van der Waals surface area (Å²) in [5.74, 6) is -0.439. The molecule has 0 bridgehead atoms. The fraction of sp³-hybridized carbons (Fsp3) is 0.417. The minimum Gasteiger partial charge on any atom is -0.396 e. The van der Waals surface area contributed by atoms with Crippen molar-refractivity contribution in [3.63, 3.8) is 0 Å². The number of rotatable bonds is 5. The van der Waals surface area contributed by atoms with Crippen LogP contribution in [0.2, 0.25) is 0 Å². The van der Waals surface area contributed by atoms with Gasteiger partial charge in [-0.3, -0.25) is 9.00 Å². The zero-order valence-corrected chi connectivity index (χ0v) is 11.2. The van der Waals surface area contributed by atoms with Gasteiger partial charge in [-0.15, -0.1) is 0 Å². The van der Waals surface area contributed by atoms with Gasteiger partial charge in [-0.1, -0.05) is 0 Å². The molecule has 0 aliphatic heterocycles. The van der Waals surface area contributed by atoms with Crippen molar-refractivity contribution in [3.05, 3.63) is 29.6 Å². The Morgan fingerprint density at radius 3 is 2.78 bits per heavy atom. The summed E-state index contributed by atoms with van der Waals surface area (Å²) in [4.78, 5) is 11.8. The van der Waals surface area contributed by atoms with Crippen LogP contribution in [-0.4, -0.2) is 28.2 Å². The second-order valence-corrected chi connectivity index (χ2v) is 5.73. The molecule has 0 radical (unpaired) electrons. The molecule has 0 aliphatic carbocycles. The van der Waals surface area contributed by atoms with Gasteiger partial charge < -0.3 is 11.1 Å². The Balaban J connectivity index is 2.59. The molecule has 1 aromatic rings. The number of hydrogen-bond acceptors (Lipinski definition) is 3. The summed E-state index contributed by atoms with van der Waals surface area (Å²) in [7, 11) is -0.880. The average Bonchev–Trinajstić information content (AvgIpc) is 2.30. The lowest BCUT2D eigenvalue weighted by Gasteiger charge is -2.13. The third-order valence-electron chi connectivity index (χ3n) is 2.48. The smallest absolute Gasteiger partial charge is 0.251 e. The summed E-state index contributed by atoms with van der Waals surface area (Å²) < 4.78 is 24.1. The quantitative estimate of drug-likeness (QED) is 0.793. The molecule has 0 fully saturated rings. The number of benzene rings is 1. The van der Waals surface area contributed by atoms with Gasteiger partial charge in [-0.05, 0) is 31.5 Å². The second kappa shape index (κ2) is 6.49. The highest BCUT2D eigenvalue weighted by Gasteiger charge is 2.11. The lowest BCUT2D eigenvalue weighted by atomic mass is 10.1. The number of nitrogens with two attached hydrogens (primary N) is 1. The van der Waals surface area contributed by atoms with E-state index in [9.17, 15) is 13.4 Å². The highest BCUT2D eigenvalue weighted by atomic mass is 32.2. The van der Waals surface area contributed by atoms with Crippen LogP contribution < -0.4 is 11.1 Å². The zero-order chi connectivity index (χ0) is 13.7. The fourth-order valence-corrected chi connectivity index (χ4v) is 2.08. The lowest BCUT2D eigenvalue weighted by molar-refractivity contribution is 0.0939. The lowest BCUT2D eigenvalue weighted by Crippen LogP contribution is -2.33. The van der Waals surface area contributed by atoms with Crippen LogP contribution in [0.5, 0.6) is 0 Å². The molecular formula is C12H17FN2O2S. The Morgan fingerprint density at radius 1 is 1.56 bits per heavy atom. The summed E-state index contributed by atoms with van der Waals surface area (Å²) in [6.07, 6.45) is 2.23. The molecule has 1 aromatic carbocycles. The van der Waals surface area contributed by atoms with Crippen molar-refractivity contribution in [1.29, 1.82) is 0 Å². The van der Waals surface area contributed by atoms with Gasteiger partial charge in [0.25, 0.3) is 5.91 Å². The molecule has 0 heterocycles. The molecule has 0 saturated carbocycles. The first-order chi connectivity index (χ1) is 8.40. The molecule has 1 amide bonds. The third-order valence-corrected chi connectivity index (χ3v) is 3.29. The van der Waals surface area contributed by atoms with E-state index < -0.39 is 16.6 Å². The van der Waals surface area contributed by atoms with E-state index in [0.29, 0.717) is 12.2 Å². The van der Waals surface area contributed by atoms with Crippen LogP contribution in [0.3, 0.4) is 0 Å². The molecular weight excluding hydrogens is 255 g/mol. The third kappa shape index (κ3) is 4.44. The van der Waals surface area contributed by atoms with Gasteiger partial charge in [-0.25, -0.2) is 4.39 Å². The van der Waals surface area contributed by atoms with E-state index in [2.05, 4.69) is 5.32 Å². The first-order valence-electron chi connectivity index (χ1n) is 5.56. The number of nitrogen functional groups attached to an aromatic ring is 1. The van der Waals surface area contributed by atoms with Crippen molar-refractivity contribution in [1.82, 2.24) is 5.32 Å². The molecule has 100 valence electrons. The van der Waals surface area contributed by atoms with Crippen molar-refractivity contribution >= 4 is 22.4 Å². The predicted octanol–water partition coefficient (Wildman–Crippen LogP) is 1.29. The van der Waals surface area contributed by atoms with E-state index in [1.807, 2.05) is 6.92 Å². The van der Waals surface area contributed by atoms with Gasteiger partial charge in [0, 0.05) is 34.4 Å². The Morgan fingerprint density at radius 2 is 2.22 bits per heavy atom. The number of halogens is 1. The molecule has 0 saturated heterocycles. The molecule has 4 nitrogen and oxygen atoms in total. The molecule has 6 heteroatoms. The molecule has 2 atom stereocenters. The number of amides is 1. The Labute approximate surface area is 108 Å². The normalized spacial score (nSPS) is 13.9. The van der Waals surface area contributed by atoms with Crippen molar-refractivity contribution in [3.8, 4) is 0 Å². The topological polar surface area (TPSA) is 72.2 Å². The highest BCUT2D eigenvalue weighted by molar-refractivity contribution is 7.84.